The van der Waals surface area contributed by atoms with Gasteiger partial charge in [-0.2, -0.15) is 0 Å². The SMILES string of the molecule is CCOc1ccc(/C(O)=C2\C(=O)C(=O)N(c3nc4cc(C)c(C)cc4s3)C2c2ccc(O)cc2)cc1C(C)C. The Kier molecular flexibility index (Phi) is 6.91. The van der Waals surface area contributed by atoms with E-state index in [2.05, 4.69) is 0 Å². The van der Waals surface area contributed by atoms with Crippen LogP contribution >= 0.6 is 11.3 Å². The summed E-state index contributed by atoms with van der Waals surface area (Å²) in [4.78, 5) is 33.2. The Morgan fingerprint density at radius 3 is 2.41 bits per heavy atom. The number of hydrogen-bond acceptors (Lipinski definition) is 7. The van der Waals surface area contributed by atoms with E-state index in [0.717, 1.165) is 26.9 Å². The van der Waals surface area contributed by atoms with Gasteiger partial charge >= 0.3 is 5.91 Å². The number of amides is 1. The smallest absolute Gasteiger partial charge is 0.301 e. The van der Waals surface area contributed by atoms with E-state index in [9.17, 15) is 19.8 Å². The number of anilines is 1. The first-order chi connectivity index (χ1) is 18.6. The molecular weight excluding hydrogens is 512 g/mol. The van der Waals surface area contributed by atoms with Crippen molar-refractivity contribution in [2.24, 2.45) is 0 Å². The van der Waals surface area contributed by atoms with Crippen LogP contribution in [0.2, 0.25) is 0 Å². The summed E-state index contributed by atoms with van der Waals surface area (Å²) in [5.74, 6) is -0.973. The molecule has 1 aromatic heterocycles. The molecule has 0 saturated carbocycles. The van der Waals surface area contributed by atoms with Gasteiger partial charge in [0.05, 0.1) is 28.4 Å². The van der Waals surface area contributed by atoms with E-state index in [1.54, 1.807) is 30.3 Å². The molecular formula is C31H30N2O5S. The predicted octanol–water partition coefficient (Wildman–Crippen LogP) is 6.77. The van der Waals surface area contributed by atoms with E-state index < -0.39 is 17.7 Å². The lowest BCUT2D eigenvalue weighted by Gasteiger charge is -2.23. The average Bonchev–Trinajstić information content (AvgIpc) is 3.42. The molecule has 0 aliphatic carbocycles. The van der Waals surface area contributed by atoms with Crippen molar-refractivity contribution in [3.63, 3.8) is 0 Å². The van der Waals surface area contributed by atoms with E-state index in [1.165, 1.54) is 28.4 Å². The maximum atomic E-state index is 13.6. The second-order valence-electron chi connectivity index (χ2n) is 10.0. The van der Waals surface area contributed by atoms with Crippen LogP contribution in [0.5, 0.6) is 11.5 Å². The summed E-state index contributed by atoms with van der Waals surface area (Å²) in [6.45, 7) is 10.5. The molecule has 39 heavy (non-hydrogen) atoms. The van der Waals surface area contributed by atoms with Gasteiger partial charge in [-0.25, -0.2) is 4.98 Å². The van der Waals surface area contributed by atoms with Crippen LogP contribution < -0.4 is 9.64 Å². The van der Waals surface area contributed by atoms with Crippen molar-refractivity contribution in [2.45, 2.75) is 46.6 Å². The zero-order valence-corrected chi connectivity index (χ0v) is 23.3. The van der Waals surface area contributed by atoms with Gasteiger partial charge in [0.2, 0.25) is 0 Å². The average molecular weight is 543 g/mol. The number of phenolic OH excluding ortho intramolecular Hbond substituents is 1. The lowest BCUT2D eigenvalue weighted by atomic mass is 9.93. The van der Waals surface area contributed by atoms with Crippen molar-refractivity contribution in [3.05, 3.63) is 88.0 Å². The normalized spacial score (nSPS) is 17.0. The van der Waals surface area contributed by atoms with Gasteiger partial charge in [0, 0.05) is 5.56 Å². The number of carbonyl (C=O) groups excluding carboxylic acids is 2. The van der Waals surface area contributed by atoms with Crippen LogP contribution in [0, 0.1) is 13.8 Å². The summed E-state index contributed by atoms with van der Waals surface area (Å²) in [5.41, 5.74) is 4.75. The molecule has 1 aliphatic rings. The molecule has 3 aromatic carbocycles. The molecule has 7 nitrogen and oxygen atoms in total. The molecule has 200 valence electrons. The first-order valence-electron chi connectivity index (χ1n) is 12.9. The number of rotatable bonds is 6. The highest BCUT2D eigenvalue weighted by Crippen LogP contribution is 2.45. The Bertz CT molecular complexity index is 1600. The number of aryl methyl sites for hydroxylation is 2. The molecule has 8 heteroatoms. The third-order valence-corrected chi connectivity index (χ3v) is 8.07. The molecule has 0 spiro atoms. The fourth-order valence-corrected chi connectivity index (χ4v) is 5.93. The number of hydrogen-bond donors (Lipinski definition) is 2. The summed E-state index contributed by atoms with van der Waals surface area (Å²) in [5, 5.41) is 21.8. The third-order valence-electron chi connectivity index (χ3n) is 7.06. The molecule has 1 amide bonds. The van der Waals surface area contributed by atoms with Gasteiger partial charge in [-0.3, -0.25) is 14.5 Å². The monoisotopic (exact) mass is 542 g/mol. The van der Waals surface area contributed by atoms with Gasteiger partial charge in [-0.05, 0) is 91.4 Å². The molecule has 1 fully saturated rings. The summed E-state index contributed by atoms with van der Waals surface area (Å²) < 4.78 is 6.66. The van der Waals surface area contributed by atoms with Gasteiger partial charge in [0.15, 0.2) is 5.13 Å². The molecule has 2 N–H and O–H groups in total. The molecule has 2 heterocycles. The zero-order valence-electron chi connectivity index (χ0n) is 22.5. The number of benzene rings is 3. The van der Waals surface area contributed by atoms with E-state index in [0.29, 0.717) is 28.6 Å². The maximum absolute atomic E-state index is 13.6. The number of nitrogens with zero attached hydrogens (tertiary/aromatic N) is 2. The van der Waals surface area contributed by atoms with Gasteiger partial charge in [-0.15, -0.1) is 0 Å². The van der Waals surface area contributed by atoms with Gasteiger partial charge in [-0.1, -0.05) is 37.3 Å². The fraction of sp³-hybridized carbons (Fsp3) is 0.258. The third kappa shape index (κ3) is 4.65. The lowest BCUT2D eigenvalue weighted by molar-refractivity contribution is -0.132. The van der Waals surface area contributed by atoms with Crippen LogP contribution in [0.3, 0.4) is 0 Å². The Labute approximate surface area is 231 Å². The van der Waals surface area contributed by atoms with E-state index in [-0.39, 0.29) is 23.0 Å². The summed E-state index contributed by atoms with van der Waals surface area (Å²) in [7, 11) is 0. The standard InChI is InChI=1S/C31H30N2O5S/c1-6-38-24-12-9-20(15-22(24)16(2)3)28(35)26-27(19-7-10-21(34)11-8-19)33(30(37)29(26)36)31-32-23-13-17(4)18(5)14-25(23)39-31/h7-16,27,34-35H,6H2,1-5H3/b28-26+. The molecule has 0 radical (unpaired) electrons. The summed E-state index contributed by atoms with van der Waals surface area (Å²) >= 11 is 1.32. The Hall–Kier alpha value is -4.17. The number of aliphatic hydroxyl groups excluding tert-OH is 1. The molecule has 0 bridgehead atoms. The second-order valence-corrected chi connectivity index (χ2v) is 11.0. The second kappa shape index (κ2) is 10.2. The molecule has 1 aliphatic heterocycles. The summed E-state index contributed by atoms with van der Waals surface area (Å²) in [6.07, 6.45) is 0. The maximum Gasteiger partial charge on any atom is 0.301 e. The summed E-state index contributed by atoms with van der Waals surface area (Å²) in [6, 6.07) is 14.6. The van der Waals surface area contributed by atoms with Crippen LogP contribution in [-0.4, -0.2) is 33.5 Å². The topological polar surface area (TPSA) is 100.0 Å². The number of aliphatic hydroxyl groups is 1. The quantitative estimate of drug-likeness (QED) is 0.159. The molecule has 1 saturated heterocycles. The molecule has 4 aromatic rings. The van der Waals surface area contributed by atoms with Crippen molar-refractivity contribution in [1.82, 2.24) is 4.98 Å². The number of Topliss-reactive ketones (excluding diaryl/α,β-unsaturated/α-hetero) is 1. The highest BCUT2D eigenvalue weighted by atomic mass is 32.1. The highest BCUT2D eigenvalue weighted by Gasteiger charge is 2.48. The van der Waals surface area contributed by atoms with E-state index in [1.807, 2.05) is 46.8 Å². The van der Waals surface area contributed by atoms with Crippen LogP contribution in [0.15, 0.2) is 60.2 Å². The van der Waals surface area contributed by atoms with Crippen molar-refractivity contribution >= 4 is 44.1 Å². The number of ketones is 1. The number of aromatic nitrogens is 1. The first kappa shape index (κ1) is 26.4. The van der Waals surface area contributed by atoms with Crippen molar-refractivity contribution in [2.75, 3.05) is 11.5 Å². The minimum atomic E-state index is -0.928. The van der Waals surface area contributed by atoms with Crippen molar-refractivity contribution in [3.8, 4) is 11.5 Å². The van der Waals surface area contributed by atoms with E-state index >= 15 is 0 Å². The van der Waals surface area contributed by atoms with Crippen molar-refractivity contribution < 1.29 is 24.5 Å². The number of aromatic hydroxyl groups is 1. The minimum Gasteiger partial charge on any atom is -0.508 e. The number of phenols is 1. The zero-order chi connectivity index (χ0) is 28.0. The largest absolute Gasteiger partial charge is 0.508 e. The van der Waals surface area contributed by atoms with Crippen LogP contribution in [0.4, 0.5) is 5.13 Å². The van der Waals surface area contributed by atoms with Crippen molar-refractivity contribution in [1.29, 1.82) is 0 Å². The van der Waals surface area contributed by atoms with Gasteiger partial charge in [0.25, 0.3) is 5.78 Å². The van der Waals surface area contributed by atoms with E-state index in [4.69, 9.17) is 9.72 Å². The highest BCUT2D eigenvalue weighted by molar-refractivity contribution is 7.22. The predicted molar refractivity (Wildman–Crippen MR) is 154 cm³/mol. The lowest BCUT2D eigenvalue weighted by Crippen LogP contribution is -2.29. The molecule has 1 unspecified atom stereocenters. The molecule has 5 rings (SSSR count). The Balaban J connectivity index is 1.71. The van der Waals surface area contributed by atoms with Crippen LogP contribution in [0.1, 0.15) is 60.5 Å². The van der Waals surface area contributed by atoms with Gasteiger partial charge < -0.3 is 14.9 Å². The number of fused-ring (bicyclic) bond motifs is 1. The van der Waals surface area contributed by atoms with Crippen LogP contribution in [-0.2, 0) is 9.59 Å². The molecule has 1 atom stereocenters. The fourth-order valence-electron chi connectivity index (χ4n) is 4.86. The van der Waals surface area contributed by atoms with Crippen LogP contribution in [0.25, 0.3) is 16.0 Å². The number of carbonyl (C=O) groups is 2. The van der Waals surface area contributed by atoms with Gasteiger partial charge in [0.1, 0.15) is 17.3 Å². The minimum absolute atomic E-state index is 0.0313. The Morgan fingerprint density at radius 1 is 1.05 bits per heavy atom. The number of ether oxygens (including phenoxy) is 1. The first-order valence-corrected chi connectivity index (χ1v) is 13.7. The Morgan fingerprint density at radius 2 is 1.74 bits per heavy atom. The number of thiazole rings is 1.